The van der Waals surface area contributed by atoms with Crippen LogP contribution in [0.25, 0.3) is 0 Å². The Bertz CT molecular complexity index is 459. The first kappa shape index (κ1) is 15.2. The van der Waals surface area contributed by atoms with Gasteiger partial charge in [0.05, 0.1) is 4.92 Å². The second kappa shape index (κ2) is 5.83. The number of nitro groups is 1. The maximum atomic E-state index is 10.6. The molecule has 0 unspecified atom stereocenters. The van der Waals surface area contributed by atoms with Crippen molar-refractivity contribution in [2.75, 3.05) is 38.2 Å². The third kappa shape index (κ3) is 4.70. The number of nitrogens with one attached hydrogen (secondary N) is 1. The first-order valence-corrected chi connectivity index (χ1v) is 6.01. The van der Waals surface area contributed by atoms with Crippen LogP contribution in [0.3, 0.4) is 0 Å². The molecular weight excluding hydrogens is 246 g/mol. The van der Waals surface area contributed by atoms with Gasteiger partial charge in [-0.2, -0.15) is 0 Å². The van der Waals surface area contributed by atoms with Crippen LogP contribution in [0.2, 0.25) is 0 Å². The maximum Gasteiger partial charge on any atom is 0.311 e. The fourth-order valence-electron chi connectivity index (χ4n) is 1.96. The van der Waals surface area contributed by atoms with E-state index in [2.05, 4.69) is 29.0 Å². The molecular formula is C12H21N5O2. The van der Waals surface area contributed by atoms with Crippen molar-refractivity contribution in [1.82, 2.24) is 9.88 Å². The van der Waals surface area contributed by atoms with E-state index in [0.29, 0.717) is 12.4 Å². The lowest BCUT2D eigenvalue weighted by Crippen LogP contribution is -2.34. The molecule has 3 N–H and O–H groups in total. The van der Waals surface area contributed by atoms with Gasteiger partial charge in [-0.3, -0.25) is 10.1 Å². The number of pyridine rings is 1. The van der Waals surface area contributed by atoms with E-state index in [1.54, 1.807) is 6.07 Å². The van der Waals surface area contributed by atoms with Crippen molar-refractivity contribution >= 4 is 17.3 Å². The van der Waals surface area contributed by atoms with Crippen LogP contribution < -0.4 is 11.1 Å². The number of hydrogen-bond donors (Lipinski definition) is 2. The molecule has 1 rings (SSSR count). The Kier molecular flexibility index (Phi) is 4.66. The zero-order valence-corrected chi connectivity index (χ0v) is 11.8. The smallest absolute Gasteiger partial charge is 0.311 e. The van der Waals surface area contributed by atoms with Gasteiger partial charge in [0.2, 0.25) is 5.82 Å². The van der Waals surface area contributed by atoms with Crippen LogP contribution in [0.15, 0.2) is 12.1 Å². The van der Waals surface area contributed by atoms with Crippen molar-refractivity contribution in [1.29, 1.82) is 0 Å². The number of nitrogens with zero attached hydrogens (tertiary/aromatic N) is 3. The van der Waals surface area contributed by atoms with Gasteiger partial charge in [-0.05, 0) is 25.6 Å². The van der Waals surface area contributed by atoms with Crippen LogP contribution in [0.1, 0.15) is 13.8 Å². The summed E-state index contributed by atoms with van der Waals surface area (Å²) in [5, 5.41) is 13.8. The van der Waals surface area contributed by atoms with Gasteiger partial charge in [0, 0.05) is 19.2 Å². The lowest BCUT2D eigenvalue weighted by Gasteiger charge is -2.28. The fourth-order valence-corrected chi connectivity index (χ4v) is 1.96. The molecule has 0 amide bonds. The standard InChI is InChI=1S/C12H21N5O2/c1-12(2,8-16(3)4)7-14-10-6-5-9(17(18)19)11(13)15-10/h5-6H,7-8H2,1-4H3,(H3,13,14,15). The normalized spacial score (nSPS) is 11.6. The summed E-state index contributed by atoms with van der Waals surface area (Å²) in [6, 6.07) is 2.93. The van der Waals surface area contributed by atoms with Crippen LogP contribution in [0.4, 0.5) is 17.3 Å². The largest absolute Gasteiger partial charge is 0.378 e. The molecule has 1 aromatic rings. The molecule has 0 aliphatic rings. The molecule has 106 valence electrons. The molecule has 0 saturated carbocycles. The minimum atomic E-state index is -0.540. The third-order valence-electron chi connectivity index (χ3n) is 2.59. The molecule has 0 aliphatic heterocycles. The van der Waals surface area contributed by atoms with Gasteiger partial charge in [-0.1, -0.05) is 13.8 Å². The average molecular weight is 267 g/mol. The number of hydrogen-bond acceptors (Lipinski definition) is 6. The zero-order valence-electron chi connectivity index (χ0n) is 11.8. The highest BCUT2D eigenvalue weighted by atomic mass is 16.6. The highest BCUT2D eigenvalue weighted by molar-refractivity contribution is 5.57. The number of rotatable bonds is 6. The first-order chi connectivity index (χ1) is 8.71. The van der Waals surface area contributed by atoms with Gasteiger partial charge < -0.3 is 16.0 Å². The SMILES string of the molecule is CN(C)CC(C)(C)CNc1ccc([N+](=O)[O-])c(N)n1. The Labute approximate surface area is 113 Å². The van der Waals surface area contributed by atoms with Crippen LogP contribution >= 0.6 is 0 Å². The molecule has 0 aliphatic carbocycles. The summed E-state index contributed by atoms with van der Waals surface area (Å²) in [4.78, 5) is 16.2. The number of anilines is 2. The lowest BCUT2D eigenvalue weighted by molar-refractivity contribution is -0.384. The summed E-state index contributed by atoms with van der Waals surface area (Å²) < 4.78 is 0. The van der Waals surface area contributed by atoms with Crippen LogP contribution in [-0.4, -0.2) is 42.0 Å². The van der Waals surface area contributed by atoms with E-state index in [9.17, 15) is 10.1 Å². The van der Waals surface area contributed by atoms with Gasteiger partial charge in [0.1, 0.15) is 5.82 Å². The molecule has 0 aromatic carbocycles. The van der Waals surface area contributed by atoms with Crippen LogP contribution in [-0.2, 0) is 0 Å². The lowest BCUT2D eigenvalue weighted by atomic mass is 9.93. The number of aromatic nitrogens is 1. The maximum absolute atomic E-state index is 10.6. The minimum absolute atomic E-state index is 0.0573. The summed E-state index contributed by atoms with van der Waals surface area (Å²) in [6.45, 7) is 5.89. The molecule has 0 spiro atoms. The molecule has 1 aromatic heterocycles. The van der Waals surface area contributed by atoms with E-state index in [1.807, 2.05) is 14.1 Å². The predicted octanol–water partition coefficient (Wildman–Crippen LogP) is 1.57. The van der Waals surface area contributed by atoms with E-state index in [4.69, 9.17) is 5.73 Å². The van der Waals surface area contributed by atoms with Gasteiger partial charge >= 0.3 is 5.69 Å². The van der Waals surface area contributed by atoms with Gasteiger partial charge in [0.25, 0.3) is 0 Å². The Balaban J connectivity index is 2.69. The molecule has 0 bridgehead atoms. The van der Waals surface area contributed by atoms with Crippen molar-refractivity contribution in [3.05, 3.63) is 22.2 Å². The van der Waals surface area contributed by atoms with Crippen molar-refractivity contribution in [2.24, 2.45) is 5.41 Å². The molecule has 7 nitrogen and oxygen atoms in total. The summed E-state index contributed by atoms with van der Waals surface area (Å²) in [5.41, 5.74) is 5.43. The molecule has 0 atom stereocenters. The molecule has 0 saturated heterocycles. The van der Waals surface area contributed by atoms with Crippen molar-refractivity contribution in [3.8, 4) is 0 Å². The third-order valence-corrected chi connectivity index (χ3v) is 2.59. The second-order valence-electron chi connectivity index (χ2n) is 5.61. The van der Waals surface area contributed by atoms with E-state index in [1.165, 1.54) is 6.07 Å². The second-order valence-corrected chi connectivity index (χ2v) is 5.61. The summed E-state index contributed by atoms with van der Waals surface area (Å²) >= 11 is 0. The Morgan fingerprint density at radius 1 is 1.47 bits per heavy atom. The van der Waals surface area contributed by atoms with Crippen molar-refractivity contribution in [3.63, 3.8) is 0 Å². The number of nitrogens with two attached hydrogens (primary N) is 1. The van der Waals surface area contributed by atoms with E-state index < -0.39 is 4.92 Å². The Morgan fingerprint density at radius 2 is 2.11 bits per heavy atom. The molecule has 19 heavy (non-hydrogen) atoms. The van der Waals surface area contributed by atoms with E-state index in [-0.39, 0.29) is 16.9 Å². The quantitative estimate of drug-likeness (QED) is 0.600. The monoisotopic (exact) mass is 267 g/mol. The number of nitrogen functional groups attached to an aromatic ring is 1. The summed E-state index contributed by atoms with van der Waals surface area (Å²) in [7, 11) is 4.04. The summed E-state index contributed by atoms with van der Waals surface area (Å²) in [5.74, 6) is 0.482. The zero-order chi connectivity index (χ0) is 14.6. The van der Waals surface area contributed by atoms with Crippen LogP contribution in [0, 0.1) is 15.5 Å². The molecule has 0 radical (unpaired) electrons. The molecule has 0 fully saturated rings. The first-order valence-electron chi connectivity index (χ1n) is 6.01. The predicted molar refractivity (Wildman–Crippen MR) is 76.1 cm³/mol. The molecule has 1 heterocycles. The fraction of sp³-hybridized carbons (Fsp3) is 0.583. The van der Waals surface area contributed by atoms with E-state index in [0.717, 1.165) is 6.54 Å². The Hall–Kier alpha value is -1.89. The highest BCUT2D eigenvalue weighted by Gasteiger charge is 2.19. The van der Waals surface area contributed by atoms with Gasteiger partial charge in [-0.25, -0.2) is 4.98 Å². The minimum Gasteiger partial charge on any atom is -0.378 e. The Morgan fingerprint density at radius 3 is 2.58 bits per heavy atom. The van der Waals surface area contributed by atoms with Gasteiger partial charge in [0.15, 0.2) is 0 Å². The summed E-state index contributed by atoms with van der Waals surface area (Å²) in [6.07, 6.45) is 0. The average Bonchev–Trinajstić information content (AvgIpc) is 2.24. The van der Waals surface area contributed by atoms with Gasteiger partial charge in [-0.15, -0.1) is 0 Å². The van der Waals surface area contributed by atoms with Crippen molar-refractivity contribution < 1.29 is 4.92 Å². The van der Waals surface area contributed by atoms with E-state index >= 15 is 0 Å². The van der Waals surface area contributed by atoms with Crippen molar-refractivity contribution in [2.45, 2.75) is 13.8 Å². The highest BCUT2D eigenvalue weighted by Crippen LogP contribution is 2.22. The van der Waals surface area contributed by atoms with Crippen LogP contribution in [0.5, 0.6) is 0 Å². The topological polar surface area (TPSA) is 97.3 Å². The molecule has 7 heteroatoms.